The van der Waals surface area contributed by atoms with Gasteiger partial charge in [0.2, 0.25) is 15.9 Å². The highest BCUT2D eigenvalue weighted by Crippen LogP contribution is 2.35. The Balaban J connectivity index is 1.86. The maximum Gasteiger partial charge on any atom is 0.387 e. The number of rotatable bonds is 8. The quantitative estimate of drug-likeness (QED) is 0.557. The van der Waals surface area contributed by atoms with Gasteiger partial charge in [-0.05, 0) is 25.0 Å². The summed E-state index contributed by atoms with van der Waals surface area (Å²) in [4.78, 5) is 25.4. The first-order valence-electron chi connectivity index (χ1n) is 10.3. The SMILES string of the molecule is COC(=O)c1cc(OC)c(OC(F)F)cc1NC(=O)C1CCCN(S(=O)(=O)c2ccccc2)C1. The van der Waals surface area contributed by atoms with Crippen LogP contribution in [0.5, 0.6) is 11.5 Å². The third kappa shape index (κ3) is 5.62. The lowest BCUT2D eigenvalue weighted by atomic mass is 9.98. The monoisotopic (exact) mass is 498 g/mol. The summed E-state index contributed by atoms with van der Waals surface area (Å²) in [5, 5.41) is 2.53. The van der Waals surface area contributed by atoms with Gasteiger partial charge in [-0.15, -0.1) is 0 Å². The average molecular weight is 499 g/mol. The van der Waals surface area contributed by atoms with Crippen LogP contribution in [-0.4, -0.2) is 58.5 Å². The average Bonchev–Trinajstić information content (AvgIpc) is 2.84. The van der Waals surface area contributed by atoms with Crippen molar-refractivity contribution in [2.24, 2.45) is 5.92 Å². The first-order valence-corrected chi connectivity index (χ1v) is 11.7. The van der Waals surface area contributed by atoms with Gasteiger partial charge in [-0.1, -0.05) is 18.2 Å². The molecule has 9 nitrogen and oxygen atoms in total. The summed E-state index contributed by atoms with van der Waals surface area (Å²) >= 11 is 0. The molecule has 2 aromatic rings. The van der Waals surface area contributed by atoms with Crippen LogP contribution in [0, 0.1) is 5.92 Å². The fraction of sp³-hybridized carbons (Fsp3) is 0.364. The van der Waals surface area contributed by atoms with Gasteiger partial charge >= 0.3 is 12.6 Å². The summed E-state index contributed by atoms with van der Waals surface area (Å²) in [6.45, 7) is -2.99. The van der Waals surface area contributed by atoms with Crippen molar-refractivity contribution in [3.63, 3.8) is 0 Å². The molecule has 1 amide bonds. The molecule has 0 bridgehead atoms. The molecule has 1 saturated heterocycles. The Bertz CT molecular complexity index is 1140. The zero-order valence-corrected chi connectivity index (χ0v) is 19.3. The van der Waals surface area contributed by atoms with E-state index in [1.807, 2.05) is 0 Å². The van der Waals surface area contributed by atoms with Crippen molar-refractivity contribution in [1.82, 2.24) is 4.31 Å². The Kier molecular flexibility index (Phi) is 8.05. The van der Waals surface area contributed by atoms with E-state index < -0.39 is 40.2 Å². The minimum Gasteiger partial charge on any atom is -0.493 e. The second kappa shape index (κ2) is 10.8. The minimum absolute atomic E-state index is 0.0762. The number of carbonyl (C=O) groups is 2. The number of hydrogen-bond donors (Lipinski definition) is 1. The Labute approximate surface area is 195 Å². The Morgan fingerprint density at radius 3 is 2.44 bits per heavy atom. The van der Waals surface area contributed by atoms with E-state index in [1.54, 1.807) is 18.2 Å². The van der Waals surface area contributed by atoms with Crippen molar-refractivity contribution in [2.75, 3.05) is 32.6 Å². The van der Waals surface area contributed by atoms with Gasteiger partial charge in [-0.2, -0.15) is 13.1 Å². The van der Waals surface area contributed by atoms with Crippen molar-refractivity contribution >= 4 is 27.6 Å². The van der Waals surface area contributed by atoms with E-state index in [0.29, 0.717) is 12.8 Å². The molecule has 12 heteroatoms. The van der Waals surface area contributed by atoms with E-state index in [2.05, 4.69) is 10.1 Å². The molecule has 1 unspecified atom stereocenters. The van der Waals surface area contributed by atoms with Gasteiger partial charge in [-0.25, -0.2) is 13.2 Å². The Hall–Kier alpha value is -3.25. The molecular weight excluding hydrogens is 474 g/mol. The van der Waals surface area contributed by atoms with Gasteiger partial charge in [0.1, 0.15) is 0 Å². The minimum atomic E-state index is -3.80. The van der Waals surface area contributed by atoms with Crippen LogP contribution in [0.2, 0.25) is 0 Å². The molecule has 1 aliphatic rings. The molecular formula is C22H24F2N2O7S. The van der Waals surface area contributed by atoms with Gasteiger partial charge < -0.3 is 19.5 Å². The van der Waals surface area contributed by atoms with Crippen LogP contribution in [0.25, 0.3) is 0 Å². The number of sulfonamides is 1. The normalized spacial score (nSPS) is 16.7. The van der Waals surface area contributed by atoms with E-state index >= 15 is 0 Å². The van der Waals surface area contributed by atoms with Gasteiger partial charge in [0.15, 0.2) is 11.5 Å². The topological polar surface area (TPSA) is 111 Å². The highest BCUT2D eigenvalue weighted by molar-refractivity contribution is 7.89. The third-order valence-electron chi connectivity index (χ3n) is 5.32. The fourth-order valence-corrected chi connectivity index (χ4v) is 5.19. The van der Waals surface area contributed by atoms with Gasteiger partial charge in [0.25, 0.3) is 0 Å². The summed E-state index contributed by atoms with van der Waals surface area (Å²) in [5.41, 5.74) is -0.268. The number of anilines is 1. The molecule has 0 spiro atoms. The van der Waals surface area contributed by atoms with Gasteiger partial charge in [0.05, 0.1) is 36.3 Å². The lowest BCUT2D eigenvalue weighted by Gasteiger charge is -2.31. The summed E-state index contributed by atoms with van der Waals surface area (Å²) in [5.74, 6) is -2.70. The van der Waals surface area contributed by atoms with Gasteiger partial charge in [0, 0.05) is 25.2 Å². The number of hydrogen-bond acceptors (Lipinski definition) is 7. The number of ether oxygens (including phenoxy) is 3. The van der Waals surface area contributed by atoms with Crippen LogP contribution >= 0.6 is 0 Å². The summed E-state index contributed by atoms with van der Waals surface area (Å²) in [6.07, 6.45) is 0.840. The Morgan fingerprint density at radius 2 is 1.82 bits per heavy atom. The predicted molar refractivity (Wildman–Crippen MR) is 118 cm³/mol. The molecule has 0 radical (unpaired) electrons. The molecule has 1 heterocycles. The lowest BCUT2D eigenvalue weighted by Crippen LogP contribution is -2.43. The van der Waals surface area contributed by atoms with Crippen molar-refractivity contribution in [2.45, 2.75) is 24.3 Å². The van der Waals surface area contributed by atoms with Crippen molar-refractivity contribution < 1.29 is 41.0 Å². The smallest absolute Gasteiger partial charge is 0.387 e. The zero-order valence-electron chi connectivity index (χ0n) is 18.5. The molecule has 1 aliphatic heterocycles. The number of nitrogens with zero attached hydrogens (tertiary/aromatic N) is 1. The molecule has 184 valence electrons. The Morgan fingerprint density at radius 1 is 1.12 bits per heavy atom. The van der Waals surface area contributed by atoms with Crippen molar-refractivity contribution in [1.29, 1.82) is 0 Å². The number of nitrogens with one attached hydrogen (secondary N) is 1. The number of esters is 1. The van der Waals surface area contributed by atoms with E-state index in [4.69, 9.17) is 9.47 Å². The fourth-order valence-electron chi connectivity index (χ4n) is 3.64. The molecule has 0 saturated carbocycles. The number of amides is 1. The molecule has 0 aromatic heterocycles. The van der Waals surface area contributed by atoms with E-state index in [-0.39, 0.29) is 35.0 Å². The molecule has 1 atom stereocenters. The van der Waals surface area contributed by atoms with E-state index in [9.17, 15) is 26.8 Å². The number of piperidine rings is 1. The van der Waals surface area contributed by atoms with E-state index in [1.165, 1.54) is 23.5 Å². The van der Waals surface area contributed by atoms with Crippen LogP contribution < -0.4 is 14.8 Å². The molecule has 34 heavy (non-hydrogen) atoms. The standard InChI is InChI=1S/C22H24F2N2O7S/c1-31-18-11-16(21(28)32-2)17(12-19(18)33-22(23)24)25-20(27)14-7-6-10-26(13-14)34(29,30)15-8-4-3-5-9-15/h3-5,8-9,11-12,14,22H,6-7,10,13H2,1-2H3,(H,25,27). The molecule has 1 fully saturated rings. The van der Waals surface area contributed by atoms with Crippen LogP contribution in [0.4, 0.5) is 14.5 Å². The van der Waals surface area contributed by atoms with Crippen LogP contribution in [0.1, 0.15) is 23.2 Å². The van der Waals surface area contributed by atoms with E-state index in [0.717, 1.165) is 19.2 Å². The summed E-state index contributed by atoms with van der Waals surface area (Å²) in [7, 11) is -1.47. The number of carbonyl (C=O) groups excluding carboxylic acids is 2. The predicted octanol–water partition coefficient (Wildman–Crippen LogP) is 3.12. The van der Waals surface area contributed by atoms with Crippen LogP contribution in [-0.2, 0) is 19.6 Å². The van der Waals surface area contributed by atoms with Crippen molar-refractivity contribution in [3.8, 4) is 11.5 Å². The summed E-state index contributed by atoms with van der Waals surface area (Å²) < 4.78 is 66.9. The van der Waals surface area contributed by atoms with Crippen LogP contribution in [0.15, 0.2) is 47.4 Å². The largest absolute Gasteiger partial charge is 0.493 e. The number of benzene rings is 2. The second-order valence-electron chi connectivity index (χ2n) is 7.42. The molecule has 2 aromatic carbocycles. The second-order valence-corrected chi connectivity index (χ2v) is 9.36. The van der Waals surface area contributed by atoms with Gasteiger partial charge in [-0.3, -0.25) is 4.79 Å². The first-order chi connectivity index (χ1) is 16.2. The zero-order chi connectivity index (χ0) is 24.9. The molecule has 1 N–H and O–H groups in total. The number of alkyl halides is 2. The first kappa shape index (κ1) is 25.4. The summed E-state index contributed by atoms with van der Waals surface area (Å²) in [6, 6.07) is 10.0. The highest BCUT2D eigenvalue weighted by atomic mass is 32.2. The lowest BCUT2D eigenvalue weighted by molar-refractivity contribution is -0.120. The molecule has 3 rings (SSSR count). The third-order valence-corrected chi connectivity index (χ3v) is 7.20. The van der Waals surface area contributed by atoms with Crippen LogP contribution in [0.3, 0.4) is 0 Å². The molecule has 0 aliphatic carbocycles. The van der Waals surface area contributed by atoms with Crippen molar-refractivity contribution in [3.05, 3.63) is 48.0 Å². The maximum absolute atomic E-state index is 13.0. The number of methoxy groups -OCH3 is 2. The highest BCUT2D eigenvalue weighted by Gasteiger charge is 2.34. The maximum atomic E-state index is 13.0. The number of halogens is 2.